The number of ether oxygens (including phenoxy) is 1. The van der Waals surface area contributed by atoms with E-state index in [0.717, 1.165) is 0 Å². The van der Waals surface area contributed by atoms with Gasteiger partial charge in [-0.15, -0.1) is 0 Å². The third kappa shape index (κ3) is 3.83. The average molecular weight is 296 g/mol. The number of aromatic carboxylic acids is 1. The lowest BCUT2D eigenvalue weighted by Crippen LogP contribution is -2.49. The third-order valence-electron chi connectivity index (χ3n) is 3.47. The summed E-state index contributed by atoms with van der Waals surface area (Å²) >= 11 is 0. The number of carbonyl (C=O) groups is 2. The van der Waals surface area contributed by atoms with E-state index in [4.69, 9.17) is 14.3 Å². The van der Waals surface area contributed by atoms with Crippen LogP contribution in [0.1, 0.15) is 28.8 Å². The lowest BCUT2D eigenvalue weighted by molar-refractivity contribution is -0.137. The molecule has 0 bridgehead atoms. The van der Waals surface area contributed by atoms with Crippen molar-refractivity contribution in [2.75, 3.05) is 26.3 Å². The normalized spacial score (nSPS) is 16.8. The Labute approximate surface area is 122 Å². The molecule has 1 fully saturated rings. The summed E-state index contributed by atoms with van der Waals surface area (Å²) in [5, 5.41) is 12.0. The maximum absolute atomic E-state index is 12.2. The van der Waals surface area contributed by atoms with E-state index in [1.165, 1.54) is 6.07 Å². The minimum atomic E-state index is -1.01. The van der Waals surface area contributed by atoms with Gasteiger partial charge in [-0.1, -0.05) is 0 Å². The Hall–Kier alpha value is -1.86. The van der Waals surface area contributed by atoms with Crippen molar-refractivity contribution in [2.45, 2.75) is 26.4 Å². The fraction of sp³-hybridized carbons (Fsp3) is 0.571. The number of hydrogen-bond donors (Lipinski definition) is 2. The molecule has 7 nitrogen and oxygen atoms in total. The van der Waals surface area contributed by atoms with Gasteiger partial charge in [0.2, 0.25) is 5.91 Å². The van der Waals surface area contributed by atoms with Gasteiger partial charge in [-0.05, 0) is 19.9 Å². The molecule has 0 aromatic carbocycles. The maximum atomic E-state index is 12.2. The van der Waals surface area contributed by atoms with Gasteiger partial charge in [0.25, 0.3) is 0 Å². The summed E-state index contributed by atoms with van der Waals surface area (Å²) in [6.45, 7) is 6.05. The van der Waals surface area contributed by atoms with Gasteiger partial charge in [-0.2, -0.15) is 0 Å². The van der Waals surface area contributed by atoms with E-state index in [-0.39, 0.29) is 17.5 Å². The average Bonchev–Trinajstić information content (AvgIpc) is 2.86. The molecule has 2 N–H and O–H groups in total. The largest absolute Gasteiger partial charge is 0.478 e. The number of nitrogens with one attached hydrogen (secondary N) is 1. The molecule has 1 amide bonds. The molecule has 0 radical (unpaired) electrons. The summed E-state index contributed by atoms with van der Waals surface area (Å²) in [7, 11) is 0. The van der Waals surface area contributed by atoms with E-state index in [1.54, 1.807) is 18.7 Å². The van der Waals surface area contributed by atoms with Crippen molar-refractivity contribution in [3.05, 3.63) is 23.2 Å². The molecule has 0 aliphatic carbocycles. The lowest BCUT2D eigenvalue weighted by Gasteiger charge is -2.29. The predicted molar refractivity (Wildman–Crippen MR) is 74.1 cm³/mol. The van der Waals surface area contributed by atoms with Crippen LogP contribution in [-0.2, 0) is 16.1 Å². The standard InChI is InChI=1S/C14H20N2O5/c1-9(13(17)16-3-5-20-6-4-16)15-8-11-7-12(14(18)19)10(2)21-11/h7,9,15H,3-6,8H2,1-2H3,(H,18,19). The number of furan rings is 1. The van der Waals surface area contributed by atoms with Crippen LogP contribution in [0.4, 0.5) is 0 Å². The number of carboxylic acids is 1. The smallest absolute Gasteiger partial charge is 0.339 e. The van der Waals surface area contributed by atoms with E-state index in [2.05, 4.69) is 5.32 Å². The number of morpholine rings is 1. The van der Waals surface area contributed by atoms with E-state index in [1.807, 2.05) is 0 Å². The van der Waals surface area contributed by atoms with E-state index < -0.39 is 5.97 Å². The first-order valence-electron chi connectivity index (χ1n) is 6.91. The highest BCUT2D eigenvalue weighted by molar-refractivity contribution is 5.88. The summed E-state index contributed by atoms with van der Waals surface area (Å²) < 4.78 is 10.6. The van der Waals surface area contributed by atoms with E-state index in [0.29, 0.717) is 44.4 Å². The van der Waals surface area contributed by atoms with Gasteiger partial charge >= 0.3 is 5.97 Å². The van der Waals surface area contributed by atoms with Crippen LogP contribution >= 0.6 is 0 Å². The predicted octanol–water partition coefficient (Wildman–Crippen LogP) is 0.623. The molecule has 7 heteroatoms. The van der Waals surface area contributed by atoms with E-state index >= 15 is 0 Å². The van der Waals surface area contributed by atoms with Crippen LogP contribution in [-0.4, -0.2) is 54.2 Å². The highest BCUT2D eigenvalue weighted by Gasteiger charge is 2.22. The second-order valence-corrected chi connectivity index (χ2v) is 5.03. The SMILES string of the molecule is Cc1oc(CNC(C)C(=O)N2CCOCC2)cc1C(=O)O. The Balaban J connectivity index is 1.88. The molecule has 0 spiro atoms. The van der Waals surface area contributed by atoms with Crippen molar-refractivity contribution >= 4 is 11.9 Å². The highest BCUT2D eigenvalue weighted by atomic mass is 16.5. The van der Waals surface area contributed by atoms with Crippen molar-refractivity contribution in [1.29, 1.82) is 0 Å². The Bertz CT molecular complexity index is 519. The van der Waals surface area contributed by atoms with Crippen LogP contribution in [0.25, 0.3) is 0 Å². The molecule has 1 saturated heterocycles. The highest BCUT2D eigenvalue weighted by Crippen LogP contribution is 2.14. The van der Waals surface area contributed by atoms with Crippen LogP contribution < -0.4 is 5.32 Å². The summed E-state index contributed by atoms with van der Waals surface area (Å²) in [4.78, 5) is 24.9. The molecule has 1 aliphatic heterocycles. The van der Waals surface area contributed by atoms with E-state index in [9.17, 15) is 9.59 Å². The zero-order chi connectivity index (χ0) is 15.4. The molecule has 1 aliphatic rings. The topological polar surface area (TPSA) is 92.0 Å². The fourth-order valence-corrected chi connectivity index (χ4v) is 2.24. The number of aryl methyl sites for hydroxylation is 1. The first-order chi connectivity index (χ1) is 9.99. The number of hydrogen-bond acceptors (Lipinski definition) is 5. The van der Waals surface area contributed by atoms with Gasteiger partial charge in [-0.3, -0.25) is 10.1 Å². The fourth-order valence-electron chi connectivity index (χ4n) is 2.24. The van der Waals surface area contributed by atoms with Gasteiger partial charge in [-0.25, -0.2) is 4.79 Å². The minimum Gasteiger partial charge on any atom is -0.478 e. The quantitative estimate of drug-likeness (QED) is 0.827. The zero-order valence-electron chi connectivity index (χ0n) is 12.2. The second kappa shape index (κ2) is 6.73. The number of carboxylic acid groups (broad SMARTS) is 1. The van der Waals surface area contributed by atoms with Gasteiger partial charge in [0.05, 0.1) is 25.8 Å². The van der Waals surface area contributed by atoms with Gasteiger partial charge < -0.3 is 19.2 Å². The van der Waals surface area contributed by atoms with Gasteiger partial charge in [0.1, 0.15) is 17.1 Å². The third-order valence-corrected chi connectivity index (χ3v) is 3.47. The van der Waals surface area contributed by atoms with Crippen molar-refractivity contribution < 1.29 is 23.8 Å². The van der Waals surface area contributed by atoms with Gasteiger partial charge in [0.15, 0.2) is 0 Å². The van der Waals surface area contributed by atoms with Crippen molar-refractivity contribution in [3.63, 3.8) is 0 Å². The summed E-state index contributed by atoms with van der Waals surface area (Å²) in [5.41, 5.74) is 0.152. The molecule has 21 heavy (non-hydrogen) atoms. The Morgan fingerprint density at radius 3 is 2.67 bits per heavy atom. The summed E-state index contributed by atoms with van der Waals surface area (Å²) in [5.74, 6) is -0.127. The molecular formula is C14H20N2O5. The van der Waals surface area contributed by atoms with Crippen molar-refractivity contribution in [1.82, 2.24) is 10.2 Å². The summed E-state index contributed by atoms with van der Waals surface area (Å²) in [6, 6.07) is 1.12. The van der Waals surface area contributed by atoms with Crippen molar-refractivity contribution in [2.24, 2.45) is 0 Å². The Morgan fingerprint density at radius 2 is 2.10 bits per heavy atom. The monoisotopic (exact) mass is 296 g/mol. The number of rotatable bonds is 5. The molecule has 2 heterocycles. The molecule has 116 valence electrons. The lowest BCUT2D eigenvalue weighted by atomic mass is 10.2. The number of nitrogens with zero attached hydrogens (tertiary/aromatic N) is 1. The van der Waals surface area contributed by atoms with Crippen LogP contribution in [0.5, 0.6) is 0 Å². The zero-order valence-corrected chi connectivity index (χ0v) is 12.2. The van der Waals surface area contributed by atoms with Crippen molar-refractivity contribution in [3.8, 4) is 0 Å². The summed E-state index contributed by atoms with van der Waals surface area (Å²) in [6.07, 6.45) is 0. The second-order valence-electron chi connectivity index (χ2n) is 5.03. The van der Waals surface area contributed by atoms with Crippen LogP contribution in [0.3, 0.4) is 0 Å². The number of carbonyl (C=O) groups excluding carboxylic acids is 1. The number of amides is 1. The molecular weight excluding hydrogens is 276 g/mol. The molecule has 1 unspecified atom stereocenters. The Kier molecular flexibility index (Phi) is 4.98. The van der Waals surface area contributed by atoms with Crippen LogP contribution in [0.15, 0.2) is 10.5 Å². The minimum absolute atomic E-state index is 0.0139. The molecule has 0 saturated carbocycles. The van der Waals surface area contributed by atoms with Crippen LogP contribution in [0.2, 0.25) is 0 Å². The molecule has 1 aromatic rings. The molecule has 1 aromatic heterocycles. The maximum Gasteiger partial charge on any atom is 0.339 e. The van der Waals surface area contributed by atoms with Gasteiger partial charge in [0, 0.05) is 13.1 Å². The first kappa shape index (κ1) is 15.5. The Morgan fingerprint density at radius 1 is 1.43 bits per heavy atom. The van der Waals surface area contributed by atoms with Crippen LogP contribution in [0, 0.1) is 6.92 Å². The molecule has 2 rings (SSSR count). The molecule has 1 atom stereocenters. The first-order valence-corrected chi connectivity index (χ1v) is 6.91.